The Balaban J connectivity index is 3.14. The molecule has 0 heterocycles. The summed E-state index contributed by atoms with van der Waals surface area (Å²) in [7, 11) is 0. The van der Waals surface area contributed by atoms with Gasteiger partial charge in [0.05, 0.1) is 5.57 Å². The van der Waals surface area contributed by atoms with Crippen LogP contribution in [0.1, 0.15) is 32.8 Å². The molecule has 0 atom stereocenters. The summed E-state index contributed by atoms with van der Waals surface area (Å²) < 4.78 is 0. The lowest BCUT2D eigenvalue weighted by Gasteiger charge is -2.06. The lowest BCUT2D eigenvalue weighted by Crippen LogP contribution is -2.12. The summed E-state index contributed by atoms with van der Waals surface area (Å²) in [6, 6.07) is 4.93. The zero-order valence-corrected chi connectivity index (χ0v) is 12.7. The Morgan fingerprint density at radius 3 is 2.11 bits per heavy atom. The van der Waals surface area contributed by atoms with Crippen molar-refractivity contribution in [1.29, 1.82) is 0 Å². The molecule has 0 aliphatic rings. The number of Topliss-reactive ketones (excluding diaryl/α,β-unsaturated/α-hetero) is 2. The molecule has 1 rings (SSSR count). The second-order valence-corrected chi connectivity index (χ2v) is 5.71. The number of rotatable bonds is 5. The molecule has 0 aliphatic heterocycles. The minimum atomic E-state index is -0.248. The number of hydrogen-bond acceptors (Lipinski definition) is 2. The first kappa shape index (κ1) is 15.9. The van der Waals surface area contributed by atoms with Crippen LogP contribution in [0.3, 0.4) is 0 Å². The van der Waals surface area contributed by atoms with Gasteiger partial charge in [0.25, 0.3) is 0 Å². The highest BCUT2D eigenvalue weighted by Gasteiger charge is 2.15. The molecule has 1 aromatic carbocycles. The van der Waals surface area contributed by atoms with Crippen molar-refractivity contribution in [2.45, 2.75) is 27.2 Å². The number of benzene rings is 1. The zero-order chi connectivity index (χ0) is 14.6. The maximum absolute atomic E-state index is 12.0. The minimum Gasteiger partial charge on any atom is -0.294 e. The van der Waals surface area contributed by atoms with Gasteiger partial charge >= 0.3 is 0 Å². The van der Waals surface area contributed by atoms with Gasteiger partial charge in [-0.25, -0.2) is 0 Å². The molecule has 1 aromatic rings. The average Bonchev–Trinajstić information content (AvgIpc) is 2.22. The SMILES string of the molecule is CC(=O)/C(=C\c1cc(Cl)cc(Cl)c1)C(=O)CC(C)C. The largest absolute Gasteiger partial charge is 0.294 e. The van der Waals surface area contributed by atoms with E-state index >= 15 is 0 Å². The van der Waals surface area contributed by atoms with E-state index in [0.717, 1.165) is 0 Å². The molecule has 4 heteroatoms. The van der Waals surface area contributed by atoms with Gasteiger partial charge in [0, 0.05) is 16.5 Å². The highest BCUT2D eigenvalue weighted by atomic mass is 35.5. The summed E-state index contributed by atoms with van der Waals surface area (Å²) >= 11 is 11.8. The van der Waals surface area contributed by atoms with E-state index in [1.807, 2.05) is 13.8 Å². The van der Waals surface area contributed by atoms with E-state index < -0.39 is 0 Å². The molecule has 0 aromatic heterocycles. The first-order valence-electron chi connectivity index (χ1n) is 6.01. The fourth-order valence-corrected chi connectivity index (χ4v) is 2.23. The average molecular weight is 299 g/mol. The zero-order valence-electron chi connectivity index (χ0n) is 11.2. The second kappa shape index (κ2) is 6.88. The maximum atomic E-state index is 12.0. The molecule has 0 bridgehead atoms. The van der Waals surface area contributed by atoms with E-state index in [2.05, 4.69) is 0 Å². The normalized spacial score (nSPS) is 11.8. The summed E-state index contributed by atoms with van der Waals surface area (Å²) in [6.45, 7) is 5.26. The van der Waals surface area contributed by atoms with Crippen LogP contribution in [0.25, 0.3) is 6.08 Å². The fourth-order valence-electron chi connectivity index (χ4n) is 1.68. The molecule has 0 radical (unpaired) electrons. The molecule has 102 valence electrons. The molecule has 0 saturated heterocycles. The van der Waals surface area contributed by atoms with E-state index in [4.69, 9.17) is 23.2 Å². The standard InChI is InChI=1S/C15H16Cl2O2/c1-9(2)4-15(19)14(10(3)18)7-11-5-12(16)8-13(17)6-11/h5-9H,4H2,1-3H3/b14-7+. The van der Waals surface area contributed by atoms with Gasteiger partial charge in [-0.3, -0.25) is 9.59 Å². The molecule has 0 saturated carbocycles. The molecule has 0 aliphatic carbocycles. The molecule has 0 unspecified atom stereocenters. The summed E-state index contributed by atoms with van der Waals surface area (Å²) in [4.78, 5) is 23.6. The van der Waals surface area contributed by atoms with E-state index in [9.17, 15) is 9.59 Å². The number of carbonyl (C=O) groups excluding carboxylic acids is 2. The fraction of sp³-hybridized carbons (Fsp3) is 0.333. The lowest BCUT2D eigenvalue weighted by atomic mass is 9.97. The van der Waals surface area contributed by atoms with Crippen molar-refractivity contribution in [3.05, 3.63) is 39.4 Å². The van der Waals surface area contributed by atoms with E-state index in [-0.39, 0.29) is 23.1 Å². The Hall–Kier alpha value is -1.12. The number of allylic oxidation sites excluding steroid dienone is 1. The Kier molecular flexibility index (Phi) is 5.77. The van der Waals surface area contributed by atoms with E-state index in [1.54, 1.807) is 24.3 Å². The Morgan fingerprint density at radius 1 is 1.16 bits per heavy atom. The van der Waals surface area contributed by atoms with Crippen molar-refractivity contribution in [3.63, 3.8) is 0 Å². The summed E-state index contributed by atoms with van der Waals surface area (Å²) in [5.74, 6) is -0.196. The van der Waals surface area contributed by atoms with Crippen molar-refractivity contribution < 1.29 is 9.59 Å². The van der Waals surface area contributed by atoms with Gasteiger partial charge in [0.15, 0.2) is 11.6 Å². The predicted molar refractivity (Wildman–Crippen MR) is 79.6 cm³/mol. The van der Waals surface area contributed by atoms with Gasteiger partial charge in [-0.05, 0) is 42.7 Å². The Labute approximate surface area is 123 Å². The Bertz CT molecular complexity index is 511. The van der Waals surface area contributed by atoms with Gasteiger partial charge < -0.3 is 0 Å². The highest BCUT2D eigenvalue weighted by molar-refractivity contribution is 6.35. The third kappa shape index (κ3) is 5.17. The first-order valence-corrected chi connectivity index (χ1v) is 6.77. The molecular formula is C15H16Cl2O2. The highest BCUT2D eigenvalue weighted by Crippen LogP contribution is 2.22. The van der Waals surface area contributed by atoms with Crippen LogP contribution in [0.5, 0.6) is 0 Å². The van der Waals surface area contributed by atoms with Gasteiger partial charge in [0.1, 0.15) is 0 Å². The van der Waals surface area contributed by atoms with E-state index in [1.165, 1.54) is 6.92 Å². The molecule has 0 fully saturated rings. The van der Waals surface area contributed by atoms with Gasteiger partial charge in [-0.1, -0.05) is 37.0 Å². The smallest absolute Gasteiger partial charge is 0.166 e. The van der Waals surface area contributed by atoms with Gasteiger partial charge in [-0.2, -0.15) is 0 Å². The van der Waals surface area contributed by atoms with Crippen molar-refractivity contribution in [2.75, 3.05) is 0 Å². The summed E-state index contributed by atoms with van der Waals surface area (Å²) in [5, 5.41) is 0.941. The van der Waals surface area contributed by atoms with Crippen molar-refractivity contribution in [1.82, 2.24) is 0 Å². The number of carbonyl (C=O) groups is 2. The van der Waals surface area contributed by atoms with Crippen molar-refractivity contribution >= 4 is 40.8 Å². The van der Waals surface area contributed by atoms with Gasteiger partial charge in [0.2, 0.25) is 0 Å². The summed E-state index contributed by atoms with van der Waals surface area (Å²) in [6.07, 6.45) is 1.89. The summed E-state index contributed by atoms with van der Waals surface area (Å²) in [5.41, 5.74) is 0.840. The van der Waals surface area contributed by atoms with Crippen molar-refractivity contribution in [2.24, 2.45) is 5.92 Å². The Morgan fingerprint density at radius 2 is 1.68 bits per heavy atom. The van der Waals surface area contributed by atoms with Crippen molar-refractivity contribution in [3.8, 4) is 0 Å². The first-order chi connectivity index (χ1) is 8.79. The lowest BCUT2D eigenvalue weighted by molar-refractivity contribution is -0.120. The van der Waals surface area contributed by atoms with Crippen LogP contribution in [0, 0.1) is 5.92 Å². The van der Waals surface area contributed by atoms with Crippen LogP contribution < -0.4 is 0 Å². The van der Waals surface area contributed by atoms with Crippen LogP contribution in [0.15, 0.2) is 23.8 Å². The molecule has 0 amide bonds. The molecule has 0 spiro atoms. The number of ketones is 2. The van der Waals surface area contributed by atoms with Crippen LogP contribution in [-0.4, -0.2) is 11.6 Å². The number of hydrogen-bond donors (Lipinski definition) is 0. The molecule has 2 nitrogen and oxygen atoms in total. The predicted octanol–water partition coefficient (Wildman–Crippen LogP) is 4.58. The molecule has 0 N–H and O–H groups in total. The van der Waals surface area contributed by atoms with Crippen LogP contribution in [-0.2, 0) is 9.59 Å². The quantitative estimate of drug-likeness (QED) is 0.453. The van der Waals surface area contributed by atoms with Gasteiger partial charge in [-0.15, -0.1) is 0 Å². The molecular weight excluding hydrogens is 283 g/mol. The van der Waals surface area contributed by atoms with Crippen LogP contribution in [0.2, 0.25) is 10.0 Å². The third-order valence-electron chi connectivity index (χ3n) is 2.47. The molecule has 19 heavy (non-hydrogen) atoms. The number of halogens is 2. The van der Waals surface area contributed by atoms with Crippen LogP contribution in [0.4, 0.5) is 0 Å². The van der Waals surface area contributed by atoms with Crippen LogP contribution >= 0.6 is 23.2 Å². The van der Waals surface area contributed by atoms with E-state index in [0.29, 0.717) is 22.0 Å². The maximum Gasteiger partial charge on any atom is 0.166 e. The topological polar surface area (TPSA) is 34.1 Å². The second-order valence-electron chi connectivity index (χ2n) is 4.84. The third-order valence-corrected chi connectivity index (χ3v) is 2.91. The monoisotopic (exact) mass is 298 g/mol. The minimum absolute atomic E-state index is 0.154.